The molecule has 0 saturated carbocycles. The van der Waals surface area contributed by atoms with Gasteiger partial charge in [0.1, 0.15) is 0 Å². The molecule has 0 saturated heterocycles. The second-order valence-corrected chi connectivity index (χ2v) is 6.26. The zero-order valence-corrected chi connectivity index (χ0v) is 12.6. The van der Waals surface area contributed by atoms with Crippen LogP contribution in [0.2, 0.25) is 5.02 Å². The van der Waals surface area contributed by atoms with Crippen LogP contribution in [0.15, 0.2) is 28.6 Å². The number of nitrogens with one attached hydrogen (secondary N) is 1. The molecule has 0 radical (unpaired) electrons. The van der Waals surface area contributed by atoms with Crippen LogP contribution in [0, 0.1) is 0 Å². The fraction of sp³-hybridized carbons (Fsp3) is 0.250. The van der Waals surface area contributed by atoms with E-state index in [1.165, 1.54) is 11.3 Å². The number of carbonyl (C=O) groups is 1. The van der Waals surface area contributed by atoms with Gasteiger partial charge in [0.25, 0.3) is 0 Å². The Morgan fingerprint density at radius 1 is 1.42 bits per heavy atom. The van der Waals surface area contributed by atoms with E-state index in [1.54, 1.807) is 18.7 Å². The van der Waals surface area contributed by atoms with E-state index in [0.29, 0.717) is 11.6 Å². The molecule has 0 fully saturated rings. The molecule has 0 aliphatic heterocycles. The van der Waals surface area contributed by atoms with Crippen molar-refractivity contribution < 1.29 is 4.79 Å². The highest BCUT2D eigenvalue weighted by atomic mass is 35.5. The molecule has 0 bridgehead atoms. The lowest BCUT2D eigenvalue weighted by molar-refractivity contribution is -0.115. The molecule has 1 N–H and O–H groups in total. The van der Waals surface area contributed by atoms with Crippen LogP contribution in [-0.2, 0) is 10.5 Å². The minimum atomic E-state index is -0.0567. The summed E-state index contributed by atoms with van der Waals surface area (Å²) in [6, 6.07) is 7.70. The van der Waals surface area contributed by atoms with Crippen molar-refractivity contribution in [3.63, 3.8) is 0 Å². The second-order valence-electron chi connectivity index (χ2n) is 3.65. The molecule has 1 heterocycles. The lowest BCUT2D eigenvalue weighted by Gasteiger charge is -2.00. The van der Waals surface area contributed by atoms with Gasteiger partial charge in [0.15, 0.2) is 4.34 Å². The molecule has 0 spiro atoms. The van der Waals surface area contributed by atoms with Gasteiger partial charge in [-0.1, -0.05) is 59.8 Å². The van der Waals surface area contributed by atoms with Crippen LogP contribution in [-0.4, -0.2) is 16.1 Å². The smallest absolute Gasteiger partial charge is 0.225 e. The number of hydrogen-bond acceptors (Lipinski definition) is 5. The number of halogens is 1. The van der Waals surface area contributed by atoms with Gasteiger partial charge in [-0.2, -0.15) is 0 Å². The first-order valence-electron chi connectivity index (χ1n) is 5.68. The Kier molecular flexibility index (Phi) is 5.18. The van der Waals surface area contributed by atoms with Gasteiger partial charge in [-0.05, 0) is 11.6 Å². The van der Waals surface area contributed by atoms with E-state index in [4.69, 9.17) is 11.6 Å². The quantitative estimate of drug-likeness (QED) is 0.673. The van der Waals surface area contributed by atoms with Crippen LogP contribution in [0.5, 0.6) is 0 Å². The Balaban J connectivity index is 1.94. The maximum absolute atomic E-state index is 11.2. The Morgan fingerprint density at radius 3 is 2.95 bits per heavy atom. The lowest BCUT2D eigenvalue weighted by Crippen LogP contribution is -2.08. The Hall–Kier alpha value is -1.11. The summed E-state index contributed by atoms with van der Waals surface area (Å²) in [6.45, 7) is 1.80. The van der Waals surface area contributed by atoms with Gasteiger partial charge in [-0.15, -0.1) is 10.2 Å². The van der Waals surface area contributed by atoms with E-state index in [0.717, 1.165) is 20.7 Å². The second kappa shape index (κ2) is 6.88. The van der Waals surface area contributed by atoms with Crippen LogP contribution in [0.4, 0.5) is 5.13 Å². The van der Waals surface area contributed by atoms with Crippen LogP contribution in [0.1, 0.15) is 18.9 Å². The normalized spacial score (nSPS) is 10.4. The van der Waals surface area contributed by atoms with Crippen molar-refractivity contribution in [3.8, 4) is 0 Å². The summed E-state index contributed by atoms with van der Waals surface area (Å²) >= 11 is 9.00. The first kappa shape index (κ1) is 14.3. The molecule has 2 rings (SSSR count). The largest absolute Gasteiger partial charge is 0.301 e. The van der Waals surface area contributed by atoms with Crippen molar-refractivity contribution in [2.75, 3.05) is 5.32 Å². The number of rotatable bonds is 5. The SMILES string of the molecule is CCC(=O)Nc1nnc(SCc2ccccc2Cl)s1. The third-order valence-electron chi connectivity index (χ3n) is 2.28. The fourth-order valence-corrected chi connectivity index (χ4v) is 3.34. The summed E-state index contributed by atoms with van der Waals surface area (Å²) in [5.74, 6) is 0.676. The highest BCUT2D eigenvalue weighted by Crippen LogP contribution is 2.30. The molecule has 19 heavy (non-hydrogen) atoms. The van der Waals surface area contributed by atoms with Gasteiger partial charge in [-0.3, -0.25) is 4.79 Å². The minimum Gasteiger partial charge on any atom is -0.301 e. The molecule has 2 aromatic rings. The molecule has 0 unspecified atom stereocenters. The predicted molar refractivity (Wildman–Crippen MR) is 79.8 cm³/mol. The predicted octanol–water partition coefficient (Wildman–Crippen LogP) is 3.83. The molecule has 0 atom stereocenters. The maximum Gasteiger partial charge on any atom is 0.225 e. The Bertz CT molecular complexity index is 574. The summed E-state index contributed by atoms with van der Waals surface area (Å²) < 4.78 is 0.811. The van der Waals surface area contributed by atoms with Crippen molar-refractivity contribution >= 4 is 45.7 Å². The average molecular weight is 314 g/mol. The molecule has 1 aromatic heterocycles. The molecular weight excluding hydrogens is 302 g/mol. The van der Waals surface area contributed by atoms with E-state index in [9.17, 15) is 4.79 Å². The molecule has 100 valence electrons. The molecule has 4 nitrogen and oxygen atoms in total. The van der Waals surface area contributed by atoms with Crippen LogP contribution in [0.25, 0.3) is 0 Å². The van der Waals surface area contributed by atoms with Crippen molar-refractivity contribution in [1.29, 1.82) is 0 Å². The standard InChI is InChI=1S/C12H12ClN3OS2/c1-2-10(17)14-11-15-16-12(19-11)18-7-8-5-3-4-6-9(8)13/h3-6H,2,7H2,1H3,(H,14,15,17). The lowest BCUT2D eigenvalue weighted by atomic mass is 10.2. The monoisotopic (exact) mass is 313 g/mol. The summed E-state index contributed by atoms with van der Waals surface area (Å²) in [5.41, 5.74) is 1.06. The number of benzene rings is 1. The van der Waals surface area contributed by atoms with Gasteiger partial charge >= 0.3 is 0 Å². The Morgan fingerprint density at radius 2 is 2.21 bits per heavy atom. The number of hydrogen-bond donors (Lipinski definition) is 1. The number of nitrogens with zero attached hydrogens (tertiary/aromatic N) is 2. The zero-order chi connectivity index (χ0) is 13.7. The van der Waals surface area contributed by atoms with E-state index in [2.05, 4.69) is 15.5 Å². The van der Waals surface area contributed by atoms with E-state index in [-0.39, 0.29) is 5.91 Å². The molecule has 0 aliphatic carbocycles. The molecule has 0 aliphatic rings. The minimum absolute atomic E-state index is 0.0567. The Labute approximate surface area is 124 Å². The fourth-order valence-electron chi connectivity index (χ4n) is 1.28. The summed E-state index contributed by atoms with van der Waals surface area (Å²) in [7, 11) is 0. The maximum atomic E-state index is 11.2. The highest BCUT2D eigenvalue weighted by molar-refractivity contribution is 8.00. The molecular formula is C12H12ClN3OS2. The topological polar surface area (TPSA) is 54.9 Å². The third kappa shape index (κ3) is 4.19. The van der Waals surface area contributed by atoms with Crippen LogP contribution in [0.3, 0.4) is 0 Å². The summed E-state index contributed by atoms with van der Waals surface area (Å²) in [5, 5.41) is 11.9. The van der Waals surface area contributed by atoms with Crippen LogP contribution >= 0.6 is 34.7 Å². The molecule has 1 amide bonds. The van der Waals surface area contributed by atoms with Gasteiger partial charge in [-0.25, -0.2) is 0 Å². The molecule has 7 heteroatoms. The third-order valence-corrected chi connectivity index (χ3v) is 4.67. The number of amides is 1. The zero-order valence-electron chi connectivity index (χ0n) is 10.2. The number of aromatic nitrogens is 2. The summed E-state index contributed by atoms with van der Waals surface area (Å²) in [6.07, 6.45) is 0.432. The van der Waals surface area contributed by atoms with E-state index >= 15 is 0 Å². The van der Waals surface area contributed by atoms with Gasteiger partial charge in [0, 0.05) is 17.2 Å². The first-order valence-corrected chi connectivity index (χ1v) is 7.86. The van der Waals surface area contributed by atoms with Gasteiger partial charge in [0.05, 0.1) is 0 Å². The van der Waals surface area contributed by atoms with E-state index in [1.807, 2.05) is 24.3 Å². The van der Waals surface area contributed by atoms with Crippen molar-refractivity contribution in [2.45, 2.75) is 23.4 Å². The number of anilines is 1. The van der Waals surface area contributed by atoms with Gasteiger partial charge < -0.3 is 5.32 Å². The first-order chi connectivity index (χ1) is 9.19. The van der Waals surface area contributed by atoms with Crippen molar-refractivity contribution in [2.24, 2.45) is 0 Å². The summed E-state index contributed by atoms with van der Waals surface area (Å²) in [4.78, 5) is 11.2. The van der Waals surface area contributed by atoms with Gasteiger partial charge in [0.2, 0.25) is 11.0 Å². The van der Waals surface area contributed by atoms with Crippen LogP contribution < -0.4 is 5.32 Å². The average Bonchev–Trinajstić information content (AvgIpc) is 2.85. The van der Waals surface area contributed by atoms with E-state index < -0.39 is 0 Å². The number of thioether (sulfide) groups is 1. The van der Waals surface area contributed by atoms with Crippen molar-refractivity contribution in [1.82, 2.24) is 10.2 Å². The number of carbonyl (C=O) groups excluding carboxylic acids is 1. The highest BCUT2D eigenvalue weighted by Gasteiger charge is 2.08. The molecule has 1 aromatic carbocycles. The van der Waals surface area contributed by atoms with Crippen molar-refractivity contribution in [3.05, 3.63) is 34.9 Å².